The van der Waals surface area contributed by atoms with E-state index in [0.717, 1.165) is 12.1 Å². The predicted octanol–water partition coefficient (Wildman–Crippen LogP) is 2.84. The first-order valence-electron chi connectivity index (χ1n) is 5.82. The molecule has 112 valence electrons. The third kappa shape index (κ3) is 4.63. The molecule has 0 saturated carbocycles. The van der Waals surface area contributed by atoms with E-state index in [-0.39, 0.29) is 27.1 Å². The number of benzene rings is 1. The first-order valence-corrected chi connectivity index (χ1v) is 8.12. The summed E-state index contributed by atoms with van der Waals surface area (Å²) in [5.74, 6) is -0.333. The van der Waals surface area contributed by atoms with Gasteiger partial charge in [0.1, 0.15) is 4.90 Å². The number of ether oxygens (including phenoxy) is 1. The van der Waals surface area contributed by atoms with Crippen LogP contribution in [-0.4, -0.2) is 21.0 Å². The maximum absolute atomic E-state index is 11.9. The van der Waals surface area contributed by atoms with Gasteiger partial charge in [0.25, 0.3) is 0 Å². The lowest BCUT2D eigenvalue weighted by Crippen LogP contribution is -2.15. The lowest BCUT2D eigenvalue weighted by Gasteiger charge is -2.10. The van der Waals surface area contributed by atoms with Crippen molar-refractivity contribution >= 4 is 39.2 Å². The Morgan fingerprint density at radius 2 is 1.90 bits per heavy atom. The molecule has 5 nitrogen and oxygen atoms in total. The normalized spacial score (nSPS) is 11.7. The van der Waals surface area contributed by atoms with E-state index in [0.29, 0.717) is 12.3 Å². The monoisotopic (exact) mass is 339 g/mol. The van der Waals surface area contributed by atoms with Crippen molar-refractivity contribution in [2.75, 3.05) is 6.61 Å². The van der Waals surface area contributed by atoms with Crippen molar-refractivity contribution in [3.63, 3.8) is 0 Å². The van der Waals surface area contributed by atoms with Crippen LogP contribution in [0.15, 0.2) is 17.0 Å². The number of hydrogen-bond acceptors (Lipinski definition) is 4. The number of esters is 1. The van der Waals surface area contributed by atoms with Crippen molar-refractivity contribution in [3.05, 3.63) is 27.7 Å². The zero-order valence-electron chi connectivity index (χ0n) is 11.0. The molecule has 8 heteroatoms. The highest BCUT2D eigenvalue weighted by Gasteiger charge is 2.20. The zero-order chi connectivity index (χ0) is 15.5. The second-order valence-corrected chi connectivity index (χ2v) is 6.97. The Labute approximate surface area is 128 Å². The summed E-state index contributed by atoms with van der Waals surface area (Å²) < 4.78 is 27.7. The standard InChI is InChI=1S/C12H15Cl2NO4S/c1-7(2)3-4-19-12(16)8-5-11(20(15,17)18)10(14)6-9(8)13/h5-7H,3-4H2,1-2H3,(H2,15,17,18). The summed E-state index contributed by atoms with van der Waals surface area (Å²) in [5.41, 5.74) is -0.0798. The van der Waals surface area contributed by atoms with Gasteiger partial charge in [0, 0.05) is 0 Å². The van der Waals surface area contributed by atoms with Crippen molar-refractivity contribution in [3.8, 4) is 0 Å². The molecular weight excluding hydrogens is 325 g/mol. The van der Waals surface area contributed by atoms with E-state index in [4.69, 9.17) is 33.1 Å². The number of primary sulfonamides is 1. The molecule has 2 N–H and O–H groups in total. The molecular formula is C12H15Cl2NO4S. The molecule has 0 fully saturated rings. The average molecular weight is 340 g/mol. The van der Waals surface area contributed by atoms with Crippen LogP contribution in [0.25, 0.3) is 0 Å². The number of nitrogens with two attached hydrogens (primary N) is 1. The third-order valence-electron chi connectivity index (χ3n) is 2.48. The molecule has 0 bridgehead atoms. The van der Waals surface area contributed by atoms with Crippen LogP contribution in [0.1, 0.15) is 30.6 Å². The maximum Gasteiger partial charge on any atom is 0.339 e. The van der Waals surface area contributed by atoms with Crippen molar-refractivity contribution in [2.24, 2.45) is 11.1 Å². The Kier molecular flexibility index (Phi) is 5.82. The molecule has 0 radical (unpaired) electrons. The summed E-state index contributed by atoms with van der Waals surface area (Å²) >= 11 is 11.6. The highest BCUT2D eigenvalue weighted by molar-refractivity contribution is 7.89. The summed E-state index contributed by atoms with van der Waals surface area (Å²) in [6.07, 6.45) is 0.693. The van der Waals surface area contributed by atoms with Crippen LogP contribution in [0.4, 0.5) is 0 Å². The number of hydrogen-bond donors (Lipinski definition) is 1. The topological polar surface area (TPSA) is 86.5 Å². The van der Waals surface area contributed by atoms with Crippen LogP contribution in [0.2, 0.25) is 10.0 Å². The van der Waals surface area contributed by atoms with E-state index in [2.05, 4.69) is 0 Å². The van der Waals surface area contributed by atoms with Crippen molar-refractivity contribution in [1.29, 1.82) is 0 Å². The minimum Gasteiger partial charge on any atom is -0.462 e. The SMILES string of the molecule is CC(C)CCOC(=O)c1cc(S(N)(=O)=O)c(Cl)cc1Cl. The summed E-state index contributed by atoms with van der Waals surface area (Å²) in [5, 5.41) is 4.88. The molecule has 1 aromatic carbocycles. The molecule has 0 heterocycles. The summed E-state index contributed by atoms with van der Waals surface area (Å²) in [6.45, 7) is 4.20. The minimum absolute atomic E-state index is 0.0111. The Balaban J connectivity index is 3.04. The van der Waals surface area contributed by atoms with Gasteiger partial charge in [-0.15, -0.1) is 0 Å². The van der Waals surface area contributed by atoms with E-state index in [9.17, 15) is 13.2 Å². The van der Waals surface area contributed by atoms with Gasteiger partial charge in [-0.05, 0) is 24.5 Å². The van der Waals surface area contributed by atoms with E-state index in [1.165, 1.54) is 0 Å². The number of halogens is 2. The molecule has 0 spiro atoms. The van der Waals surface area contributed by atoms with E-state index in [1.54, 1.807) is 0 Å². The Morgan fingerprint density at radius 1 is 1.30 bits per heavy atom. The van der Waals surface area contributed by atoms with Gasteiger partial charge in [-0.1, -0.05) is 37.0 Å². The second-order valence-electron chi connectivity index (χ2n) is 4.63. The van der Waals surface area contributed by atoms with Gasteiger partial charge in [-0.3, -0.25) is 0 Å². The Morgan fingerprint density at radius 3 is 2.40 bits per heavy atom. The van der Waals surface area contributed by atoms with Gasteiger partial charge < -0.3 is 4.74 Å². The van der Waals surface area contributed by atoms with Crippen molar-refractivity contribution < 1.29 is 17.9 Å². The molecule has 1 aromatic rings. The van der Waals surface area contributed by atoms with Crippen molar-refractivity contribution in [2.45, 2.75) is 25.2 Å². The molecule has 0 aliphatic rings. The van der Waals surface area contributed by atoms with Crippen LogP contribution in [0.3, 0.4) is 0 Å². The molecule has 0 atom stereocenters. The first kappa shape index (κ1) is 17.2. The van der Waals surface area contributed by atoms with E-state index in [1.807, 2.05) is 13.8 Å². The van der Waals surface area contributed by atoms with Crippen LogP contribution < -0.4 is 5.14 Å². The quantitative estimate of drug-likeness (QED) is 0.835. The summed E-state index contributed by atoms with van der Waals surface area (Å²) in [7, 11) is -4.04. The summed E-state index contributed by atoms with van der Waals surface area (Å²) in [6, 6.07) is 2.18. The highest BCUT2D eigenvalue weighted by atomic mass is 35.5. The van der Waals surface area contributed by atoms with Gasteiger partial charge in [0.05, 0.1) is 22.2 Å². The lowest BCUT2D eigenvalue weighted by molar-refractivity contribution is 0.0488. The van der Waals surface area contributed by atoms with E-state index < -0.39 is 16.0 Å². The molecule has 0 saturated heterocycles. The van der Waals surface area contributed by atoms with Gasteiger partial charge >= 0.3 is 5.97 Å². The largest absolute Gasteiger partial charge is 0.462 e. The third-order valence-corrected chi connectivity index (χ3v) is 4.16. The highest BCUT2D eigenvalue weighted by Crippen LogP contribution is 2.28. The number of sulfonamides is 1. The molecule has 0 unspecified atom stereocenters. The first-order chi connectivity index (χ1) is 9.12. The van der Waals surface area contributed by atoms with Gasteiger partial charge in [-0.25, -0.2) is 18.4 Å². The fourth-order valence-corrected chi connectivity index (χ4v) is 2.76. The number of carbonyl (C=O) groups is 1. The fourth-order valence-electron chi connectivity index (χ4n) is 1.37. The fraction of sp³-hybridized carbons (Fsp3) is 0.417. The van der Waals surface area contributed by atoms with Gasteiger partial charge in [0.15, 0.2) is 0 Å². The smallest absolute Gasteiger partial charge is 0.339 e. The number of carbonyl (C=O) groups excluding carboxylic acids is 1. The second kappa shape index (κ2) is 6.76. The molecule has 0 aliphatic heterocycles. The van der Waals surface area contributed by atoms with Gasteiger partial charge in [0.2, 0.25) is 10.0 Å². The Bertz CT molecular complexity index is 614. The van der Waals surface area contributed by atoms with Crippen LogP contribution >= 0.6 is 23.2 Å². The molecule has 0 amide bonds. The van der Waals surface area contributed by atoms with Crippen LogP contribution in [0.5, 0.6) is 0 Å². The molecule has 0 aromatic heterocycles. The minimum atomic E-state index is -4.04. The Hall–Kier alpha value is -0.820. The van der Waals surface area contributed by atoms with E-state index >= 15 is 0 Å². The maximum atomic E-state index is 11.9. The number of rotatable bonds is 5. The lowest BCUT2D eigenvalue weighted by atomic mass is 10.1. The summed E-state index contributed by atoms with van der Waals surface area (Å²) in [4.78, 5) is 11.5. The average Bonchev–Trinajstić information content (AvgIpc) is 2.26. The van der Waals surface area contributed by atoms with Crippen molar-refractivity contribution in [1.82, 2.24) is 0 Å². The van der Waals surface area contributed by atoms with Crippen LogP contribution in [-0.2, 0) is 14.8 Å². The van der Waals surface area contributed by atoms with Crippen LogP contribution in [0, 0.1) is 5.92 Å². The molecule has 0 aliphatic carbocycles. The zero-order valence-corrected chi connectivity index (χ0v) is 13.3. The van der Waals surface area contributed by atoms with Gasteiger partial charge in [-0.2, -0.15) is 0 Å². The molecule has 1 rings (SSSR count). The predicted molar refractivity (Wildman–Crippen MR) is 77.6 cm³/mol. The molecule has 20 heavy (non-hydrogen) atoms.